The highest BCUT2D eigenvalue weighted by Crippen LogP contribution is 2.28. The fourth-order valence-electron chi connectivity index (χ4n) is 3.29. The Bertz CT molecular complexity index is 372. The number of nitrogens with zero attached hydrogens (tertiary/aromatic N) is 2. The molecule has 0 spiro atoms. The van der Waals surface area contributed by atoms with Gasteiger partial charge in [0.25, 0.3) is 0 Å². The fraction of sp³-hybridized carbons (Fsp3) is 0.875. The smallest absolute Gasteiger partial charge is 0.320 e. The Morgan fingerprint density at radius 1 is 1.10 bits per heavy atom. The van der Waals surface area contributed by atoms with Crippen LogP contribution in [0.15, 0.2) is 0 Å². The summed E-state index contributed by atoms with van der Waals surface area (Å²) in [5.74, 6) is -0.0668. The molecule has 0 bridgehead atoms. The maximum absolute atomic E-state index is 12.6. The lowest BCUT2D eigenvalue weighted by Gasteiger charge is -2.40. The lowest BCUT2D eigenvalue weighted by Crippen LogP contribution is -2.52. The molecule has 1 saturated carbocycles. The Hall–Kier alpha value is -1.10. The molecule has 0 aromatic carbocycles. The van der Waals surface area contributed by atoms with E-state index in [4.69, 9.17) is 4.74 Å². The molecule has 1 aliphatic heterocycles. The number of rotatable bonds is 6. The van der Waals surface area contributed by atoms with Crippen LogP contribution in [0.4, 0.5) is 0 Å². The minimum Gasteiger partial charge on any atom is -0.465 e. The van der Waals surface area contributed by atoms with Crippen molar-refractivity contribution in [1.29, 1.82) is 0 Å². The molecule has 1 amide bonds. The molecule has 0 aromatic heterocycles. The van der Waals surface area contributed by atoms with Gasteiger partial charge >= 0.3 is 5.97 Å². The second-order valence-corrected chi connectivity index (χ2v) is 6.37. The van der Waals surface area contributed by atoms with Crippen molar-refractivity contribution in [2.45, 2.75) is 71.0 Å². The molecule has 2 atom stereocenters. The summed E-state index contributed by atoms with van der Waals surface area (Å²) in [6.45, 7) is 7.03. The van der Waals surface area contributed by atoms with Crippen LogP contribution in [0.3, 0.4) is 0 Å². The average Bonchev–Trinajstić information content (AvgIpc) is 3.22. The minimum absolute atomic E-state index is 0.158. The van der Waals surface area contributed by atoms with E-state index in [0.29, 0.717) is 31.3 Å². The topological polar surface area (TPSA) is 49.9 Å². The first-order valence-electron chi connectivity index (χ1n) is 8.23. The average molecular weight is 296 g/mol. The number of amides is 1. The molecule has 2 aliphatic rings. The Morgan fingerprint density at radius 2 is 1.71 bits per heavy atom. The summed E-state index contributed by atoms with van der Waals surface area (Å²) in [4.78, 5) is 28.3. The van der Waals surface area contributed by atoms with Gasteiger partial charge in [-0.25, -0.2) is 0 Å². The van der Waals surface area contributed by atoms with Crippen molar-refractivity contribution in [1.82, 2.24) is 9.80 Å². The van der Waals surface area contributed by atoms with Crippen LogP contribution in [-0.2, 0) is 14.3 Å². The van der Waals surface area contributed by atoms with Crippen LogP contribution < -0.4 is 0 Å². The summed E-state index contributed by atoms with van der Waals surface area (Å²) in [7, 11) is 0. The van der Waals surface area contributed by atoms with Gasteiger partial charge in [-0.2, -0.15) is 0 Å². The molecule has 5 heteroatoms. The van der Waals surface area contributed by atoms with E-state index in [1.807, 2.05) is 16.7 Å². The standard InChI is InChI=1S/C16H28N2O3/c1-4-21-16(20)11-17(14-8-9-14)10-15(19)18-12(2)6-5-7-13(18)3/h12-14H,4-11H2,1-3H3. The number of esters is 1. The summed E-state index contributed by atoms with van der Waals surface area (Å²) < 4.78 is 5.01. The summed E-state index contributed by atoms with van der Waals surface area (Å²) in [5, 5.41) is 0. The lowest BCUT2D eigenvalue weighted by atomic mass is 9.97. The molecule has 5 nitrogen and oxygen atoms in total. The van der Waals surface area contributed by atoms with Gasteiger partial charge in [0.2, 0.25) is 5.91 Å². The van der Waals surface area contributed by atoms with Crippen molar-refractivity contribution in [3.05, 3.63) is 0 Å². The quantitative estimate of drug-likeness (QED) is 0.701. The van der Waals surface area contributed by atoms with Crippen LogP contribution in [-0.4, -0.2) is 59.5 Å². The normalized spacial score (nSPS) is 26.0. The first-order chi connectivity index (χ1) is 10.0. The van der Waals surface area contributed by atoms with E-state index in [1.165, 1.54) is 6.42 Å². The zero-order chi connectivity index (χ0) is 15.4. The van der Waals surface area contributed by atoms with Crippen LogP contribution in [0.5, 0.6) is 0 Å². The molecular formula is C16H28N2O3. The van der Waals surface area contributed by atoms with Crippen LogP contribution in [0.25, 0.3) is 0 Å². The second-order valence-electron chi connectivity index (χ2n) is 6.37. The second kappa shape index (κ2) is 7.25. The molecule has 0 N–H and O–H groups in total. The molecule has 0 aromatic rings. The van der Waals surface area contributed by atoms with Crippen molar-refractivity contribution < 1.29 is 14.3 Å². The van der Waals surface area contributed by atoms with Crippen LogP contribution in [0.1, 0.15) is 52.9 Å². The van der Waals surface area contributed by atoms with Gasteiger partial charge in [0, 0.05) is 18.1 Å². The number of carbonyl (C=O) groups excluding carboxylic acids is 2. The summed E-state index contributed by atoms with van der Waals surface area (Å²) in [5.41, 5.74) is 0. The van der Waals surface area contributed by atoms with Crippen molar-refractivity contribution in [2.24, 2.45) is 0 Å². The molecule has 1 saturated heterocycles. The van der Waals surface area contributed by atoms with E-state index in [2.05, 4.69) is 13.8 Å². The number of likely N-dealkylation sites (tertiary alicyclic amines) is 1. The van der Waals surface area contributed by atoms with Crippen molar-refractivity contribution in [3.8, 4) is 0 Å². The highest BCUT2D eigenvalue weighted by atomic mass is 16.5. The van der Waals surface area contributed by atoms with E-state index in [9.17, 15) is 9.59 Å². The summed E-state index contributed by atoms with van der Waals surface area (Å²) in [6, 6.07) is 1.00. The Balaban J connectivity index is 1.92. The predicted molar refractivity (Wildman–Crippen MR) is 80.8 cm³/mol. The third-order valence-corrected chi connectivity index (χ3v) is 4.52. The van der Waals surface area contributed by atoms with Gasteiger partial charge in [-0.15, -0.1) is 0 Å². The van der Waals surface area contributed by atoms with Crippen LogP contribution in [0, 0.1) is 0 Å². The fourth-order valence-corrected chi connectivity index (χ4v) is 3.29. The number of piperidine rings is 1. The number of carbonyl (C=O) groups is 2. The summed E-state index contributed by atoms with van der Waals surface area (Å²) >= 11 is 0. The number of ether oxygens (including phenoxy) is 1. The molecule has 2 unspecified atom stereocenters. The van der Waals surface area contributed by atoms with Gasteiger partial charge in [0.05, 0.1) is 19.7 Å². The van der Waals surface area contributed by atoms with Gasteiger partial charge < -0.3 is 9.64 Å². The molecule has 1 heterocycles. The van der Waals surface area contributed by atoms with E-state index < -0.39 is 0 Å². The highest BCUT2D eigenvalue weighted by Gasteiger charge is 2.35. The van der Waals surface area contributed by atoms with Gasteiger partial charge in [0.1, 0.15) is 0 Å². The van der Waals surface area contributed by atoms with Crippen LogP contribution >= 0.6 is 0 Å². The van der Waals surface area contributed by atoms with Crippen molar-refractivity contribution in [3.63, 3.8) is 0 Å². The Morgan fingerprint density at radius 3 is 2.24 bits per heavy atom. The molecule has 2 rings (SSSR count). The molecule has 0 radical (unpaired) electrons. The Kier molecular flexibility index (Phi) is 5.62. The number of hydrogen-bond acceptors (Lipinski definition) is 4. The van der Waals surface area contributed by atoms with Crippen molar-refractivity contribution in [2.75, 3.05) is 19.7 Å². The van der Waals surface area contributed by atoms with Gasteiger partial charge in [0.15, 0.2) is 0 Å². The number of hydrogen-bond donors (Lipinski definition) is 0. The molecule has 2 fully saturated rings. The Labute approximate surface area is 127 Å². The summed E-state index contributed by atoms with van der Waals surface area (Å²) in [6.07, 6.45) is 5.52. The van der Waals surface area contributed by atoms with E-state index >= 15 is 0 Å². The largest absolute Gasteiger partial charge is 0.465 e. The maximum Gasteiger partial charge on any atom is 0.320 e. The molecule has 120 valence electrons. The predicted octanol–water partition coefficient (Wildman–Crippen LogP) is 1.80. The van der Waals surface area contributed by atoms with Gasteiger partial charge in [-0.1, -0.05) is 0 Å². The zero-order valence-electron chi connectivity index (χ0n) is 13.5. The first-order valence-corrected chi connectivity index (χ1v) is 8.23. The van der Waals surface area contributed by atoms with Gasteiger partial charge in [-0.05, 0) is 52.9 Å². The molecular weight excluding hydrogens is 268 g/mol. The minimum atomic E-state index is -0.225. The lowest BCUT2D eigenvalue weighted by molar-refractivity contribution is -0.146. The monoisotopic (exact) mass is 296 g/mol. The zero-order valence-corrected chi connectivity index (χ0v) is 13.5. The first kappa shape index (κ1) is 16.3. The molecule has 1 aliphatic carbocycles. The van der Waals surface area contributed by atoms with E-state index in [0.717, 1.165) is 25.7 Å². The van der Waals surface area contributed by atoms with Crippen molar-refractivity contribution >= 4 is 11.9 Å². The van der Waals surface area contributed by atoms with E-state index in [-0.39, 0.29) is 18.4 Å². The third-order valence-electron chi connectivity index (χ3n) is 4.52. The highest BCUT2D eigenvalue weighted by molar-refractivity contribution is 5.80. The third kappa shape index (κ3) is 4.43. The van der Waals surface area contributed by atoms with E-state index in [1.54, 1.807) is 0 Å². The SMILES string of the molecule is CCOC(=O)CN(CC(=O)N1C(C)CCCC1C)C1CC1. The van der Waals surface area contributed by atoms with Gasteiger partial charge in [-0.3, -0.25) is 14.5 Å². The maximum atomic E-state index is 12.6. The van der Waals surface area contributed by atoms with Crippen LogP contribution in [0.2, 0.25) is 0 Å². The molecule has 21 heavy (non-hydrogen) atoms.